The summed E-state index contributed by atoms with van der Waals surface area (Å²) in [4.78, 5) is 37.5. The Hall–Kier alpha value is -7.43. The van der Waals surface area contributed by atoms with Crippen molar-refractivity contribution in [2.24, 2.45) is 0 Å². The second-order valence-corrected chi connectivity index (χ2v) is 24.8. The second-order valence-electron chi connectivity index (χ2n) is 24.8. The fourth-order valence-electron chi connectivity index (χ4n) is 8.84. The lowest BCUT2D eigenvalue weighted by atomic mass is 10.1. The molecule has 0 radical (unpaired) electrons. The van der Waals surface area contributed by atoms with Crippen LogP contribution >= 0.6 is 0 Å². The van der Waals surface area contributed by atoms with Gasteiger partial charge in [0.2, 0.25) is 0 Å². The number of aliphatic carboxylic acids is 1. The number of hydrogen-bond donors (Lipinski definition) is 0. The van der Waals surface area contributed by atoms with Gasteiger partial charge in [0.25, 0.3) is 0 Å². The predicted octanol–water partition coefficient (Wildman–Crippen LogP) is 23.0. The van der Waals surface area contributed by atoms with Crippen LogP contribution in [-0.2, 0) is 33.3 Å². The van der Waals surface area contributed by atoms with E-state index in [1.54, 1.807) is 0 Å². The number of ether oxygens (including phenoxy) is 4. The molecule has 0 aromatic heterocycles. The van der Waals surface area contributed by atoms with Crippen molar-refractivity contribution in [3.05, 3.63) is 267 Å². The molecular weight excluding hydrogens is 1220 g/mol. The van der Waals surface area contributed by atoms with Crippen molar-refractivity contribution in [3.8, 4) is 0 Å². The fourth-order valence-corrected chi connectivity index (χ4v) is 8.84. The molecule has 0 spiro atoms. The van der Waals surface area contributed by atoms with E-state index in [-0.39, 0.29) is 32.7 Å². The van der Waals surface area contributed by atoms with E-state index in [2.05, 4.69) is 281 Å². The summed E-state index contributed by atoms with van der Waals surface area (Å²) in [6, 6.07) is 0. The van der Waals surface area contributed by atoms with Gasteiger partial charge in [-0.1, -0.05) is 294 Å². The van der Waals surface area contributed by atoms with E-state index in [1.807, 2.05) is 21.1 Å². The molecule has 9 nitrogen and oxygen atoms in total. The van der Waals surface area contributed by atoms with Crippen LogP contribution in [0.1, 0.15) is 219 Å². The minimum Gasteiger partial charge on any atom is -0.545 e. The third-order valence-corrected chi connectivity index (χ3v) is 14.5. The second kappa shape index (κ2) is 76.3. The van der Waals surface area contributed by atoms with Gasteiger partial charge in [0, 0.05) is 12.8 Å². The first-order valence-electron chi connectivity index (χ1n) is 37.5. The van der Waals surface area contributed by atoms with Gasteiger partial charge >= 0.3 is 11.9 Å². The van der Waals surface area contributed by atoms with Gasteiger partial charge in [-0.3, -0.25) is 9.59 Å². The number of esters is 2. The molecule has 0 aromatic rings. The minimum atomic E-state index is -1.66. The molecule has 0 heterocycles. The Kier molecular flexibility index (Phi) is 70.6. The fraction of sp³-hybridized carbons (Fsp3) is 0.478. The van der Waals surface area contributed by atoms with Crippen LogP contribution in [0.25, 0.3) is 0 Å². The van der Waals surface area contributed by atoms with Crippen LogP contribution in [0.15, 0.2) is 267 Å². The molecule has 0 aliphatic rings. The third kappa shape index (κ3) is 77.8. The first kappa shape index (κ1) is 91.6. The van der Waals surface area contributed by atoms with Crippen molar-refractivity contribution in [2.45, 2.75) is 232 Å². The molecule has 0 aliphatic heterocycles. The van der Waals surface area contributed by atoms with Crippen molar-refractivity contribution in [1.29, 1.82) is 0 Å². The summed E-state index contributed by atoms with van der Waals surface area (Å²) in [7, 11) is 5.88. The zero-order valence-electron chi connectivity index (χ0n) is 62.2. The van der Waals surface area contributed by atoms with Crippen LogP contribution in [0.3, 0.4) is 0 Å². The van der Waals surface area contributed by atoms with Crippen molar-refractivity contribution in [2.75, 3.05) is 47.5 Å². The van der Waals surface area contributed by atoms with Gasteiger partial charge in [-0.05, 0) is 180 Å². The zero-order valence-corrected chi connectivity index (χ0v) is 62.2. The van der Waals surface area contributed by atoms with Crippen LogP contribution in [0.2, 0.25) is 0 Å². The molecule has 0 fully saturated rings. The average Bonchev–Trinajstić information content (AvgIpc) is 1.14. The Morgan fingerprint density at radius 2 is 0.545 bits per heavy atom. The van der Waals surface area contributed by atoms with Gasteiger partial charge in [0.05, 0.1) is 40.3 Å². The van der Waals surface area contributed by atoms with Gasteiger partial charge in [-0.15, -0.1) is 0 Å². The van der Waals surface area contributed by atoms with Gasteiger partial charge in [0.1, 0.15) is 13.2 Å². The zero-order chi connectivity index (χ0) is 71.8. The summed E-state index contributed by atoms with van der Waals surface area (Å²) in [6.45, 7) is 4.39. The molecule has 0 aliphatic carbocycles. The van der Waals surface area contributed by atoms with E-state index in [9.17, 15) is 19.5 Å². The predicted molar refractivity (Wildman–Crippen MR) is 425 cm³/mol. The summed E-state index contributed by atoms with van der Waals surface area (Å²) >= 11 is 0. The summed E-state index contributed by atoms with van der Waals surface area (Å²) in [5.41, 5.74) is 0. The van der Waals surface area contributed by atoms with Gasteiger partial charge in [0.15, 0.2) is 12.4 Å². The smallest absolute Gasteiger partial charge is 0.306 e. The quantitative estimate of drug-likeness (QED) is 0.0195. The maximum Gasteiger partial charge on any atom is 0.306 e. The monoisotopic (exact) mass is 1360 g/mol. The summed E-state index contributed by atoms with van der Waals surface area (Å²) < 4.78 is 22.7. The number of quaternary nitrogens is 1. The normalized spacial score (nSPS) is 14.2. The largest absolute Gasteiger partial charge is 0.545 e. The lowest BCUT2D eigenvalue weighted by molar-refractivity contribution is -0.870. The number of likely N-dealkylation sites (N-methyl/N-ethyl adjacent to an activating group) is 1. The van der Waals surface area contributed by atoms with Crippen LogP contribution in [0.5, 0.6) is 0 Å². The molecule has 0 bridgehead atoms. The highest BCUT2D eigenvalue weighted by molar-refractivity contribution is 5.70. The van der Waals surface area contributed by atoms with E-state index in [0.29, 0.717) is 23.9 Å². The lowest BCUT2D eigenvalue weighted by Gasteiger charge is -2.26. The summed E-state index contributed by atoms with van der Waals surface area (Å²) in [5.74, 6) is -2.42. The number of hydrogen-bond acceptors (Lipinski definition) is 8. The van der Waals surface area contributed by atoms with Gasteiger partial charge in [-0.2, -0.15) is 0 Å². The molecule has 99 heavy (non-hydrogen) atoms. The molecule has 0 saturated carbocycles. The highest BCUT2D eigenvalue weighted by atomic mass is 16.7. The van der Waals surface area contributed by atoms with Gasteiger partial charge < -0.3 is 33.3 Å². The van der Waals surface area contributed by atoms with Crippen molar-refractivity contribution in [1.82, 2.24) is 0 Å². The number of allylic oxidation sites excluding steroid dienone is 44. The molecule has 9 heteroatoms. The molecule has 0 N–H and O–H groups in total. The molecule has 2 unspecified atom stereocenters. The van der Waals surface area contributed by atoms with Crippen LogP contribution in [0, 0.1) is 0 Å². The summed E-state index contributed by atoms with van der Waals surface area (Å²) in [6.07, 6.45) is 123. The number of carboxylic acids is 1. The van der Waals surface area contributed by atoms with Crippen LogP contribution < -0.4 is 5.11 Å². The first-order valence-corrected chi connectivity index (χ1v) is 37.5. The van der Waals surface area contributed by atoms with E-state index in [0.717, 1.165) is 180 Å². The van der Waals surface area contributed by atoms with Crippen molar-refractivity contribution in [3.63, 3.8) is 0 Å². The third-order valence-electron chi connectivity index (χ3n) is 14.5. The van der Waals surface area contributed by atoms with Gasteiger partial charge in [-0.25, -0.2) is 0 Å². The Labute approximate surface area is 604 Å². The van der Waals surface area contributed by atoms with Crippen molar-refractivity contribution < 1.29 is 42.9 Å². The molecule has 0 rings (SSSR count). The molecular formula is C90H133NO8. The Morgan fingerprint density at radius 3 is 0.818 bits per heavy atom. The van der Waals surface area contributed by atoms with E-state index >= 15 is 0 Å². The maximum atomic E-state index is 12.9. The Balaban J connectivity index is 4.35. The number of nitrogens with zero attached hydrogens (tertiary/aromatic N) is 1. The maximum absolute atomic E-state index is 12.9. The molecule has 0 aromatic carbocycles. The Bertz CT molecular complexity index is 2640. The van der Waals surface area contributed by atoms with Crippen LogP contribution in [-0.4, -0.2) is 82.3 Å². The lowest BCUT2D eigenvalue weighted by Crippen LogP contribution is -2.44. The first-order chi connectivity index (χ1) is 48.6. The SMILES string of the molecule is CC/C=C\C/C=C\C/C=C\C/C=C\C/C=C\C/C=C\C/C=C\C/C=C\C/C=C\C/C=C\C/C=C\C/C=C\CCCCC(=O)OC(COC(=O)CCCCCC/C=C\C/C=C\C/C=C\C/C=C\C/C=C\C/C=C\C/C=C\C/C=C\C/C=C\C/C=C\CC)COC(OCC[N+](C)(C)C)C(=O)[O-]. The highest BCUT2D eigenvalue weighted by Gasteiger charge is 2.22. The molecule has 546 valence electrons. The van der Waals surface area contributed by atoms with Crippen LogP contribution in [0.4, 0.5) is 0 Å². The average molecular weight is 1360 g/mol. The van der Waals surface area contributed by atoms with E-state index in [4.69, 9.17) is 18.9 Å². The van der Waals surface area contributed by atoms with E-state index < -0.39 is 30.3 Å². The molecule has 0 amide bonds. The number of carbonyl (C=O) groups excluding carboxylic acids is 3. The number of carboxylic acid groups (broad SMARTS) is 1. The minimum absolute atomic E-state index is 0.118. The summed E-state index contributed by atoms with van der Waals surface area (Å²) in [5, 5.41) is 11.8. The number of unbranched alkanes of at least 4 members (excludes halogenated alkanes) is 6. The Morgan fingerprint density at radius 1 is 0.303 bits per heavy atom. The van der Waals surface area contributed by atoms with E-state index in [1.165, 1.54) is 0 Å². The van der Waals surface area contributed by atoms with Crippen molar-refractivity contribution >= 4 is 17.9 Å². The standard InChI is InChI=1S/C90H133NO8/c1-6-8-10-12-14-16-18-20-22-24-26-28-30-32-34-36-38-40-42-43-44-45-47-49-51-53-55-57-59-61-63-65-67-69-71-73-75-77-79-81-88(93)99-86(85-98-90(89(94)95)96-83-82-91(3,4)5)84-97-87(92)80-78-76-74-72-70-68-66-64-62-60-58-56-54-52-50-48-46-41-39-37-35-33-31-29-27-25-23-21-19-17-15-13-11-9-7-2/h8-11,14-17,20-23,26-29,32-35,38-41,43-44,47-50,53-56,59-62,65-68,71,73,86,90H,6-7,12-13,18-19,24-25,30-31,36-37,42,45-46,51-52,57-58,63-64,69-70,72,74-85H2,1-5H3/b10-8-,11-9-,16-14-,17-15-,22-20-,23-21-,28-26-,29-27-,34-32-,35-33-,40-38-,41-39-,44-43-,49-47-,50-48-,55-53-,56-54-,61-59-,62-60-,67-65-,68-66-,73-71-. The molecule has 0 saturated heterocycles. The topological polar surface area (TPSA) is 111 Å². The highest BCUT2D eigenvalue weighted by Crippen LogP contribution is 2.12. The number of carbonyl (C=O) groups is 3. The molecule has 2 atom stereocenters. The number of rotatable bonds is 65.